The van der Waals surface area contributed by atoms with Gasteiger partial charge in [0.15, 0.2) is 18.1 Å². The minimum atomic E-state index is -0.328. The highest BCUT2D eigenvalue weighted by atomic mass is 16.5. The lowest BCUT2D eigenvalue weighted by atomic mass is 9.76. The third-order valence-electron chi connectivity index (χ3n) is 3.85. The standard InChI is InChI=1S/C18H24N2O3/c1-12-7-5-6-8-14(12)19-20-16(22)11-23-17-13(2)9-18(3,4)10-15(17)21/h5-8,19H,9-11H2,1-4H3,(H,20,22). The fourth-order valence-electron chi connectivity index (χ4n) is 2.84. The Hall–Kier alpha value is -2.30. The lowest BCUT2D eigenvalue weighted by Crippen LogP contribution is -2.34. The van der Waals surface area contributed by atoms with Gasteiger partial charge in [-0.25, -0.2) is 0 Å². The summed E-state index contributed by atoms with van der Waals surface area (Å²) in [5, 5.41) is 0. The Bertz CT molecular complexity index is 647. The lowest BCUT2D eigenvalue weighted by Gasteiger charge is -2.30. The molecular formula is C18H24N2O3. The molecule has 1 aromatic carbocycles. The van der Waals surface area contributed by atoms with E-state index < -0.39 is 0 Å². The molecule has 1 amide bonds. The number of hydrazine groups is 1. The van der Waals surface area contributed by atoms with E-state index in [1.54, 1.807) is 0 Å². The first-order chi connectivity index (χ1) is 10.8. The maximum atomic E-state index is 12.1. The van der Waals surface area contributed by atoms with Gasteiger partial charge in [-0.15, -0.1) is 0 Å². The van der Waals surface area contributed by atoms with Crippen LogP contribution in [0.4, 0.5) is 5.69 Å². The minimum Gasteiger partial charge on any atom is -0.480 e. The molecule has 5 nitrogen and oxygen atoms in total. The number of ketones is 1. The van der Waals surface area contributed by atoms with Crippen molar-refractivity contribution in [1.29, 1.82) is 0 Å². The second-order valence-electron chi connectivity index (χ2n) is 6.83. The van der Waals surface area contributed by atoms with E-state index in [9.17, 15) is 9.59 Å². The van der Waals surface area contributed by atoms with Crippen molar-refractivity contribution in [1.82, 2.24) is 5.43 Å². The van der Waals surface area contributed by atoms with Crippen LogP contribution in [0.1, 0.15) is 39.2 Å². The molecule has 0 bridgehead atoms. The van der Waals surface area contributed by atoms with E-state index >= 15 is 0 Å². The average Bonchev–Trinajstić information content (AvgIpc) is 2.44. The molecule has 0 aliphatic heterocycles. The van der Waals surface area contributed by atoms with Gasteiger partial charge < -0.3 is 4.74 Å². The summed E-state index contributed by atoms with van der Waals surface area (Å²) in [4.78, 5) is 24.0. The Labute approximate surface area is 137 Å². The summed E-state index contributed by atoms with van der Waals surface area (Å²) in [7, 11) is 0. The number of rotatable bonds is 5. The van der Waals surface area contributed by atoms with Crippen molar-refractivity contribution >= 4 is 17.4 Å². The number of aryl methyl sites for hydroxylation is 1. The highest BCUT2D eigenvalue weighted by molar-refractivity contribution is 5.96. The van der Waals surface area contributed by atoms with Gasteiger partial charge in [0.2, 0.25) is 0 Å². The number of ether oxygens (including phenoxy) is 1. The number of para-hydroxylation sites is 1. The topological polar surface area (TPSA) is 67.4 Å². The fourth-order valence-corrected chi connectivity index (χ4v) is 2.84. The maximum absolute atomic E-state index is 12.1. The molecule has 1 aliphatic carbocycles. The zero-order chi connectivity index (χ0) is 17.0. The second kappa shape index (κ2) is 6.86. The van der Waals surface area contributed by atoms with Gasteiger partial charge >= 0.3 is 0 Å². The van der Waals surface area contributed by atoms with Crippen LogP contribution in [0.15, 0.2) is 35.6 Å². The average molecular weight is 316 g/mol. The van der Waals surface area contributed by atoms with Crippen molar-refractivity contribution in [2.75, 3.05) is 12.0 Å². The van der Waals surface area contributed by atoms with Gasteiger partial charge in [-0.05, 0) is 42.9 Å². The van der Waals surface area contributed by atoms with Gasteiger partial charge in [-0.1, -0.05) is 32.0 Å². The van der Waals surface area contributed by atoms with Crippen LogP contribution in [0.2, 0.25) is 0 Å². The second-order valence-corrected chi connectivity index (χ2v) is 6.83. The third kappa shape index (κ3) is 4.58. The smallest absolute Gasteiger partial charge is 0.276 e. The van der Waals surface area contributed by atoms with Gasteiger partial charge in [-0.2, -0.15) is 0 Å². The zero-order valence-electron chi connectivity index (χ0n) is 14.2. The number of carbonyl (C=O) groups excluding carboxylic acids is 2. The van der Waals surface area contributed by atoms with E-state index in [-0.39, 0.29) is 23.7 Å². The van der Waals surface area contributed by atoms with Crippen LogP contribution in [0, 0.1) is 12.3 Å². The van der Waals surface area contributed by atoms with Gasteiger partial charge in [0.1, 0.15) is 0 Å². The molecule has 0 heterocycles. The van der Waals surface area contributed by atoms with Crippen LogP contribution in [0.5, 0.6) is 0 Å². The van der Waals surface area contributed by atoms with E-state index in [0.29, 0.717) is 12.2 Å². The number of anilines is 1. The molecule has 0 spiro atoms. The summed E-state index contributed by atoms with van der Waals surface area (Å²) in [6.45, 7) is 7.77. The van der Waals surface area contributed by atoms with Gasteiger partial charge in [0.05, 0.1) is 5.69 Å². The monoisotopic (exact) mass is 316 g/mol. The van der Waals surface area contributed by atoms with Gasteiger partial charge in [0.25, 0.3) is 5.91 Å². The molecule has 0 radical (unpaired) electrons. The quantitative estimate of drug-likeness (QED) is 0.819. The molecule has 0 aromatic heterocycles. The van der Waals surface area contributed by atoms with Crippen LogP contribution in [0.25, 0.3) is 0 Å². The normalized spacial score (nSPS) is 17.0. The SMILES string of the molecule is CC1=C(OCC(=O)NNc2ccccc2C)C(=O)CC(C)(C)C1. The molecule has 0 fully saturated rings. The van der Waals surface area contributed by atoms with Crippen LogP contribution in [-0.4, -0.2) is 18.3 Å². The van der Waals surface area contributed by atoms with Crippen molar-refractivity contribution in [2.24, 2.45) is 5.41 Å². The molecule has 124 valence electrons. The minimum absolute atomic E-state index is 0.0292. The third-order valence-corrected chi connectivity index (χ3v) is 3.85. The molecule has 0 unspecified atom stereocenters. The molecule has 1 aliphatic rings. The molecule has 5 heteroatoms. The summed E-state index contributed by atoms with van der Waals surface area (Å²) >= 11 is 0. The molecular weight excluding hydrogens is 292 g/mol. The van der Waals surface area contributed by atoms with E-state index in [1.807, 2.05) is 38.1 Å². The molecule has 1 aromatic rings. The predicted octanol–water partition coefficient (Wildman–Crippen LogP) is 3.12. The van der Waals surface area contributed by atoms with E-state index in [4.69, 9.17) is 4.74 Å². The molecule has 23 heavy (non-hydrogen) atoms. The first kappa shape index (κ1) is 17.1. The highest BCUT2D eigenvalue weighted by Crippen LogP contribution is 2.36. The van der Waals surface area contributed by atoms with Crippen LogP contribution >= 0.6 is 0 Å². The summed E-state index contributed by atoms with van der Waals surface area (Å²) in [5.41, 5.74) is 8.15. The predicted molar refractivity (Wildman–Crippen MR) is 89.6 cm³/mol. The number of hydrogen-bond acceptors (Lipinski definition) is 4. The Morgan fingerprint density at radius 2 is 1.91 bits per heavy atom. The largest absolute Gasteiger partial charge is 0.480 e. The van der Waals surface area contributed by atoms with Crippen molar-refractivity contribution in [3.63, 3.8) is 0 Å². The number of Topliss-reactive ketones (excluding diaryl/α,β-unsaturated/α-hetero) is 1. The number of allylic oxidation sites excluding steroid dienone is 2. The Balaban J connectivity index is 1.87. The summed E-state index contributed by atoms with van der Waals surface area (Å²) in [6, 6.07) is 7.63. The number of amides is 1. The number of nitrogens with one attached hydrogen (secondary N) is 2. The molecule has 0 atom stereocenters. The van der Waals surface area contributed by atoms with Crippen molar-refractivity contribution in [3.8, 4) is 0 Å². The first-order valence-corrected chi connectivity index (χ1v) is 7.75. The molecule has 2 rings (SSSR count). The Morgan fingerprint density at radius 3 is 2.57 bits per heavy atom. The number of hydrogen-bond donors (Lipinski definition) is 2. The van der Waals surface area contributed by atoms with E-state index in [0.717, 1.165) is 23.2 Å². The van der Waals surface area contributed by atoms with Gasteiger partial charge in [-0.3, -0.25) is 20.4 Å². The molecule has 0 saturated heterocycles. The summed E-state index contributed by atoms with van der Waals surface area (Å²) in [6.07, 6.45) is 1.25. The van der Waals surface area contributed by atoms with Crippen molar-refractivity contribution < 1.29 is 14.3 Å². The highest BCUT2D eigenvalue weighted by Gasteiger charge is 2.32. The number of carbonyl (C=O) groups is 2. The van der Waals surface area contributed by atoms with E-state index in [2.05, 4.69) is 24.7 Å². The molecule has 2 N–H and O–H groups in total. The van der Waals surface area contributed by atoms with Crippen LogP contribution < -0.4 is 10.9 Å². The zero-order valence-corrected chi connectivity index (χ0v) is 14.2. The van der Waals surface area contributed by atoms with Crippen molar-refractivity contribution in [3.05, 3.63) is 41.2 Å². The van der Waals surface area contributed by atoms with Crippen molar-refractivity contribution in [2.45, 2.75) is 40.5 Å². The maximum Gasteiger partial charge on any atom is 0.276 e. The lowest BCUT2D eigenvalue weighted by molar-refractivity contribution is -0.127. The van der Waals surface area contributed by atoms with Crippen LogP contribution in [-0.2, 0) is 14.3 Å². The summed E-state index contributed by atoms with van der Waals surface area (Å²) < 4.78 is 5.46. The fraction of sp³-hybridized carbons (Fsp3) is 0.444. The Morgan fingerprint density at radius 1 is 1.22 bits per heavy atom. The molecule has 0 saturated carbocycles. The summed E-state index contributed by atoms with van der Waals surface area (Å²) in [5.74, 6) is -0.0139. The number of benzene rings is 1. The van der Waals surface area contributed by atoms with E-state index in [1.165, 1.54) is 0 Å². The first-order valence-electron chi connectivity index (χ1n) is 7.75. The van der Waals surface area contributed by atoms with Crippen LogP contribution in [0.3, 0.4) is 0 Å². The Kier molecular flexibility index (Phi) is 5.08. The van der Waals surface area contributed by atoms with Gasteiger partial charge in [0, 0.05) is 6.42 Å².